The smallest absolute Gasteiger partial charge is 0.243 e. The van der Waals surface area contributed by atoms with Gasteiger partial charge < -0.3 is 9.64 Å². The van der Waals surface area contributed by atoms with E-state index in [9.17, 15) is 4.79 Å². The molecule has 1 aromatic carbocycles. The SMILES string of the molecule is COc1ccccc1CN1C[C@@H]2C[C@@H](c3ccsc3)N3CCC[C@@]23C1=O. The van der Waals surface area contributed by atoms with Crippen LogP contribution in [0.1, 0.15) is 36.4 Å². The van der Waals surface area contributed by atoms with Crippen molar-refractivity contribution in [2.24, 2.45) is 5.92 Å². The second-order valence-electron chi connectivity index (χ2n) is 7.72. The molecule has 2 aromatic rings. The third-order valence-corrected chi connectivity index (χ3v) is 7.31. The predicted octanol–water partition coefficient (Wildman–Crippen LogP) is 3.69. The maximum atomic E-state index is 13.6. The number of thiophene rings is 1. The van der Waals surface area contributed by atoms with Crippen molar-refractivity contribution in [2.75, 3.05) is 20.2 Å². The monoisotopic (exact) mass is 368 g/mol. The Labute approximate surface area is 158 Å². The summed E-state index contributed by atoms with van der Waals surface area (Å²) in [4.78, 5) is 18.2. The van der Waals surface area contributed by atoms with Gasteiger partial charge in [0.1, 0.15) is 11.3 Å². The van der Waals surface area contributed by atoms with Crippen molar-refractivity contribution in [3.63, 3.8) is 0 Å². The topological polar surface area (TPSA) is 32.8 Å². The summed E-state index contributed by atoms with van der Waals surface area (Å²) in [6, 6.07) is 10.7. The molecule has 26 heavy (non-hydrogen) atoms. The number of benzene rings is 1. The Hall–Kier alpha value is -1.85. The number of carbonyl (C=O) groups is 1. The molecule has 0 unspecified atom stereocenters. The van der Waals surface area contributed by atoms with Gasteiger partial charge in [-0.25, -0.2) is 0 Å². The summed E-state index contributed by atoms with van der Waals surface area (Å²) in [5.74, 6) is 1.65. The zero-order chi connectivity index (χ0) is 17.7. The Balaban J connectivity index is 1.43. The molecule has 3 fully saturated rings. The van der Waals surface area contributed by atoms with Crippen LogP contribution in [0.25, 0.3) is 0 Å². The maximum Gasteiger partial charge on any atom is 0.243 e. The lowest BCUT2D eigenvalue weighted by Crippen LogP contribution is -2.49. The summed E-state index contributed by atoms with van der Waals surface area (Å²) in [6.07, 6.45) is 3.25. The van der Waals surface area contributed by atoms with Gasteiger partial charge in [0.05, 0.1) is 7.11 Å². The highest BCUT2D eigenvalue weighted by Crippen LogP contribution is 2.56. The molecule has 3 aliphatic heterocycles. The molecule has 5 rings (SSSR count). The Bertz CT molecular complexity index is 821. The number of carbonyl (C=O) groups excluding carboxylic acids is 1. The first kappa shape index (κ1) is 16.3. The van der Waals surface area contributed by atoms with Gasteiger partial charge in [0, 0.05) is 30.6 Å². The zero-order valence-corrected chi connectivity index (χ0v) is 15.9. The molecule has 3 atom stereocenters. The molecule has 4 heterocycles. The van der Waals surface area contributed by atoms with E-state index in [0.717, 1.165) is 43.7 Å². The van der Waals surface area contributed by atoms with Crippen molar-refractivity contribution in [1.29, 1.82) is 0 Å². The highest BCUT2D eigenvalue weighted by Gasteiger charge is 2.65. The molecule has 1 aromatic heterocycles. The van der Waals surface area contributed by atoms with Gasteiger partial charge in [-0.3, -0.25) is 9.69 Å². The minimum Gasteiger partial charge on any atom is -0.496 e. The van der Waals surface area contributed by atoms with Crippen LogP contribution in [0.15, 0.2) is 41.1 Å². The molecule has 4 nitrogen and oxygen atoms in total. The lowest BCUT2D eigenvalue weighted by molar-refractivity contribution is -0.137. The second kappa shape index (κ2) is 6.10. The Kier molecular flexibility index (Phi) is 3.83. The summed E-state index contributed by atoms with van der Waals surface area (Å²) in [6.45, 7) is 2.57. The van der Waals surface area contributed by atoms with Gasteiger partial charge in [0.25, 0.3) is 0 Å². The van der Waals surface area contributed by atoms with E-state index in [-0.39, 0.29) is 5.54 Å². The number of hydrogen-bond donors (Lipinski definition) is 0. The van der Waals surface area contributed by atoms with Crippen molar-refractivity contribution >= 4 is 17.2 Å². The number of rotatable bonds is 4. The maximum absolute atomic E-state index is 13.6. The molecule has 5 heteroatoms. The third kappa shape index (κ3) is 2.20. The van der Waals surface area contributed by atoms with Gasteiger partial charge in [-0.05, 0) is 54.3 Å². The Morgan fingerprint density at radius 3 is 3.00 bits per heavy atom. The summed E-state index contributed by atoms with van der Waals surface area (Å²) in [5.41, 5.74) is 2.24. The van der Waals surface area contributed by atoms with Crippen LogP contribution < -0.4 is 4.74 Å². The first-order chi connectivity index (χ1) is 12.7. The van der Waals surface area contributed by atoms with Crippen LogP contribution in [-0.2, 0) is 11.3 Å². The molecule has 0 bridgehead atoms. The van der Waals surface area contributed by atoms with Gasteiger partial charge in [0.15, 0.2) is 0 Å². The van der Waals surface area contributed by atoms with E-state index in [1.54, 1.807) is 18.4 Å². The molecule has 0 radical (unpaired) electrons. The molecule has 0 aliphatic carbocycles. The van der Waals surface area contributed by atoms with Crippen LogP contribution >= 0.6 is 11.3 Å². The summed E-state index contributed by atoms with van der Waals surface area (Å²) in [7, 11) is 1.70. The molecular formula is C21H24N2O2S. The number of nitrogens with zero attached hydrogens (tertiary/aromatic N) is 2. The molecule has 3 aliphatic rings. The van der Waals surface area contributed by atoms with Gasteiger partial charge >= 0.3 is 0 Å². The molecule has 3 saturated heterocycles. The van der Waals surface area contributed by atoms with Crippen molar-refractivity contribution < 1.29 is 9.53 Å². The van der Waals surface area contributed by atoms with Crippen LogP contribution in [0.4, 0.5) is 0 Å². The van der Waals surface area contributed by atoms with E-state index >= 15 is 0 Å². The number of methoxy groups -OCH3 is 1. The molecule has 0 N–H and O–H groups in total. The average Bonchev–Trinajstić information content (AvgIpc) is 3.41. The van der Waals surface area contributed by atoms with Gasteiger partial charge in [-0.1, -0.05) is 18.2 Å². The Morgan fingerprint density at radius 2 is 2.19 bits per heavy atom. The first-order valence-corrected chi connectivity index (χ1v) is 10.4. The molecular weight excluding hydrogens is 344 g/mol. The van der Waals surface area contributed by atoms with Crippen molar-refractivity contribution in [3.05, 3.63) is 52.2 Å². The van der Waals surface area contributed by atoms with E-state index in [1.165, 1.54) is 5.56 Å². The van der Waals surface area contributed by atoms with Crippen molar-refractivity contribution in [3.8, 4) is 5.75 Å². The minimum atomic E-state index is -0.255. The van der Waals surface area contributed by atoms with E-state index in [1.807, 2.05) is 18.2 Å². The number of para-hydroxylation sites is 1. The van der Waals surface area contributed by atoms with Gasteiger partial charge in [-0.2, -0.15) is 11.3 Å². The summed E-state index contributed by atoms with van der Waals surface area (Å²) >= 11 is 1.76. The molecule has 1 amide bonds. The van der Waals surface area contributed by atoms with Crippen molar-refractivity contribution in [2.45, 2.75) is 37.4 Å². The predicted molar refractivity (Wildman–Crippen MR) is 102 cm³/mol. The number of hydrogen-bond acceptors (Lipinski definition) is 4. The molecule has 0 saturated carbocycles. The van der Waals surface area contributed by atoms with E-state index < -0.39 is 0 Å². The van der Waals surface area contributed by atoms with Crippen LogP contribution in [0.3, 0.4) is 0 Å². The quantitative estimate of drug-likeness (QED) is 0.825. The number of amides is 1. The fourth-order valence-electron chi connectivity index (χ4n) is 5.54. The third-order valence-electron chi connectivity index (χ3n) is 6.61. The van der Waals surface area contributed by atoms with Crippen LogP contribution in [0.5, 0.6) is 5.75 Å². The summed E-state index contributed by atoms with van der Waals surface area (Å²) < 4.78 is 5.49. The fourth-order valence-corrected chi connectivity index (χ4v) is 6.24. The lowest BCUT2D eigenvalue weighted by Gasteiger charge is -2.33. The average molecular weight is 369 g/mol. The van der Waals surface area contributed by atoms with E-state index in [2.05, 4.69) is 32.7 Å². The standard InChI is InChI=1S/C21H24N2O2S/c1-25-19-6-3-2-5-15(19)12-22-13-17-11-18(16-7-10-26-14-16)23-9-4-8-21(17,23)20(22)24/h2-3,5-7,10,14,17-18H,4,8-9,11-13H2,1H3/t17-,18-,21-/m0/s1. The van der Waals surface area contributed by atoms with E-state index in [4.69, 9.17) is 4.74 Å². The minimum absolute atomic E-state index is 0.255. The number of likely N-dealkylation sites (tertiary alicyclic amines) is 1. The van der Waals surface area contributed by atoms with Gasteiger partial charge in [-0.15, -0.1) is 0 Å². The normalized spacial score (nSPS) is 30.7. The number of ether oxygens (including phenoxy) is 1. The van der Waals surface area contributed by atoms with Gasteiger partial charge in [0.2, 0.25) is 5.91 Å². The second-order valence-corrected chi connectivity index (χ2v) is 8.50. The summed E-state index contributed by atoms with van der Waals surface area (Å²) in [5, 5.41) is 4.41. The highest BCUT2D eigenvalue weighted by atomic mass is 32.1. The molecule has 136 valence electrons. The molecule has 1 spiro atoms. The first-order valence-electron chi connectivity index (χ1n) is 9.44. The Morgan fingerprint density at radius 1 is 1.31 bits per heavy atom. The van der Waals surface area contributed by atoms with Crippen LogP contribution in [-0.4, -0.2) is 41.4 Å². The van der Waals surface area contributed by atoms with E-state index in [0.29, 0.717) is 24.4 Å². The fraction of sp³-hybridized carbons (Fsp3) is 0.476. The van der Waals surface area contributed by atoms with Crippen molar-refractivity contribution in [1.82, 2.24) is 9.80 Å². The largest absolute Gasteiger partial charge is 0.496 e. The van der Waals surface area contributed by atoms with Crippen LogP contribution in [0.2, 0.25) is 0 Å². The lowest BCUT2D eigenvalue weighted by atomic mass is 9.85. The van der Waals surface area contributed by atoms with Crippen LogP contribution in [0, 0.1) is 5.92 Å². The highest BCUT2D eigenvalue weighted by molar-refractivity contribution is 7.07. The zero-order valence-electron chi connectivity index (χ0n) is 15.1.